The second-order valence-corrected chi connectivity index (χ2v) is 5.86. The molecule has 4 rings (SSSR count). The van der Waals surface area contributed by atoms with Gasteiger partial charge in [-0.25, -0.2) is 0 Å². The van der Waals surface area contributed by atoms with Crippen molar-refractivity contribution >= 4 is 27.8 Å². The number of anilines is 2. The lowest BCUT2D eigenvalue weighted by Crippen LogP contribution is -2.01. The summed E-state index contributed by atoms with van der Waals surface area (Å²) in [4.78, 5) is 15.6. The Morgan fingerprint density at radius 2 is 1.58 bits per heavy atom. The minimum atomic E-state index is -0.391. The van der Waals surface area contributed by atoms with Crippen LogP contribution >= 0.6 is 0 Å². The third kappa shape index (κ3) is 2.98. The van der Waals surface area contributed by atoms with Crippen molar-refractivity contribution in [2.24, 2.45) is 0 Å². The van der Waals surface area contributed by atoms with Gasteiger partial charge < -0.3 is 5.32 Å². The fraction of sp³-hybridized carbons (Fsp3) is 0. The van der Waals surface area contributed by atoms with Crippen LogP contribution in [0.15, 0.2) is 85.1 Å². The predicted octanol–water partition coefficient (Wildman–Crippen LogP) is 5.55. The Morgan fingerprint density at radius 3 is 2.35 bits per heavy atom. The number of hydrogen-bond acceptors (Lipinski definition) is 4. The zero-order chi connectivity index (χ0) is 17.9. The molecule has 3 aromatic carbocycles. The topological polar surface area (TPSA) is 68.1 Å². The van der Waals surface area contributed by atoms with E-state index in [4.69, 9.17) is 0 Å². The number of nitrogens with one attached hydrogen (secondary N) is 1. The second-order valence-electron chi connectivity index (χ2n) is 5.86. The molecule has 0 saturated heterocycles. The fourth-order valence-corrected chi connectivity index (χ4v) is 2.95. The van der Waals surface area contributed by atoms with Crippen molar-refractivity contribution < 1.29 is 4.92 Å². The van der Waals surface area contributed by atoms with Crippen LogP contribution in [-0.4, -0.2) is 9.91 Å². The van der Waals surface area contributed by atoms with Gasteiger partial charge in [0.25, 0.3) is 5.69 Å². The van der Waals surface area contributed by atoms with Gasteiger partial charge in [-0.05, 0) is 29.0 Å². The summed E-state index contributed by atoms with van der Waals surface area (Å²) in [5, 5.41) is 16.9. The molecule has 1 aromatic heterocycles. The standard InChI is InChI=1S/C21H15N3O2/c25-24(26)19-12-13-22-20(21(19)23-18-8-2-1-3-9-18)17-11-10-15-6-4-5-7-16(15)14-17/h1-14,23H. The number of hydrogen-bond donors (Lipinski definition) is 1. The minimum Gasteiger partial charge on any atom is -0.348 e. The van der Waals surface area contributed by atoms with Gasteiger partial charge in [0.15, 0.2) is 0 Å². The summed E-state index contributed by atoms with van der Waals surface area (Å²) >= 11 is 0. The molecule has 0 aliphatic carbocycles. The van der Waals surface area contributed by atoms with Crippen molar-refractivity contribution in [2.45, 2.75) is 0 Å². The van der Waals surface area contributed by atoms with Gasteiger partial charge in [-0.3, -0.25) is 15.1 Å². The Hall–Kier alpha value is -3.73. The van der Waals surface area contributed by atoms with Crippen molar-refractivity contribution in [3.05, 3.63) is 95.2 Å². The van der Waals surface area contributed by atoms with E-state index in [9.17, 15) is 10.1 Å². The van der Waals surface area contributed by atoms with Crippen LogP contribution in [0.5, 0.6) is 0 Å². The largest absolute Gasteiger partial charge is 0.348 e. The van der Waals surface area contributed by atoms with Gasteiger partial charge in [-0.1, -0.05) is 54.6 Å². The van der Waals surface area contributed by atoms with Crippen LogP contribution in [0.25, 0.3) is 22.0 Å². The van der Waals surface area contributed by atoms with Crippen molar-refractivity contribution in [3.63, 3.8) is 0 Å². The Morgan fingerprint density at radius 1 is 0.846 bits per heavy atom. The lowest BCUT2D eigenvalue weighted by molar-refractivity contribution is -0.383. The number of para-hydroxylation sites is 1. The molecule has 0 bridgehead atoms. The van der Waals surface area contributed by atoms with E-state index in [1.807, 2.05) is 72.8 Å². The molecule has 4 aromatic rings. The van der Waals surface area contributed by atoms with E-state index in [-0.39, 0.29) is 5.69 Å². The molecule has 0 saturated carbocycles. The fourth-order valence-electron chi connectivity index (χ4n) is 2.95. The van der Waals surface area contributed by atoms with Gasteiger partial charge in [0.1, 0.15) is 11.4 Å². The van der Waals surface area contributed by atoms with Gasteiger partial charge in [-0.2, -0.15) is 0 Å². The lowest BCUT2D eigenvalue weighted by Gasteiger charge is -2.12. The first-order valence-electron chi connectivity index (χ1n) is 8.17. The normalized spacial score (nSPS) is 10.6. The maximum Gasteiger partial charge on any atom is 0.296 e. The first kappa shape index (κ1) is 15.8. The quantitative estimate of drug-likeness (QED) is 0.390. The molecule has 1 N–H and O–H groups in total. The van der Waals surface area contributed by atoms with E-state index in [1.54, 1.807) is 0 Å². The maximum atomic E-state index is 11.5. The molecule has 0 aliphatic rings. The molecular weight excluding hydrogens is 326 g/mol. The molecular formula is C21H15N3O2. The molecule has 5 heteroatoms. The first-order valence-corrected chi connectivity index (χ1v) is 8.17. The first-order chi connectivity index (χ1) is 12.7. The highest BCUT2D eigenvalue weighted by Crippen LogP contribution is 2.36. The summed E-state index contributed by atoms with van der Waals surface area (Å²) in [6, 6.07) is 24.7. The van der Waals surface area contributed by atoms with E-state index in [0.717, 1.165) is 22.0 Å². The molecule has 26 heavy (non-hydrogen) atoms. The zero-order valence-corrected chi connectivity index (χ0v) is 13.8. The van der Waals surface area contributed by atoms with E-state index >= 15 is 0 Å². The van der Waals surface area contributed by atoms with Crippen molar-refractivity contribution in [2.75, 3.05) is 5.32 Å². The molecule has 0 aliphatic heterocycles. The molecule has 0 amide bonds. The van der Waals surface area contributed by atoms with E-state index in [0.29, 0.717) is 11.4 Å². The SMILES string of the molecule is O=[N+]([O-])c1ccnc(-c2ccc3ccccc3c2)c1Nc1ccccc1. The van der Waals surface area contributed by atoms with Crippen LogP contribution in [-0.2, 0) is 0 Å². The molecule has 0 spiro atoms. The second kappa shape index (κ2) is 6.64. The summed E-state index contributed by atoms with van der Waals surface area (Å²) in [7, 11) is 0. The van der Waals surface area contributed by atoms with Crippen LogP contribution < -0.4 is 5.32 Å². The molecule has 0 atom stereocenters. The molecule has 5 nitrogen and oxygen atoms in total. The van der Waals surface area contributed by atoms with Crippen molar-refractivity contribution in [1.29, 1.82) is 0 Å². The Balaban J connectivity index is 1.89. The third-order valence-corrected chi connectivity index (χ3v) is 4.19. The predicted molar refractivity (Wildman–Crippen MR) is 104 cm³/mol. The summed E-state index contributed by atoms with van der Waals surface area (Å²) < 4.78 is 0. The van der Waals surface area contributed by atoms with Crippen LogP contribution in [0.2, 0.25) is 0 Å². The highest BCUT2D eigenvalue weighted by atomic mass is 16.6. The summed E-state index contributed by atoms with van der Waals surface area (Å²) in [6.07, 6.45) is 1.47. The summed E-state index contributed by atoms with van der Waals surface area (Å²) in [6.45, 7) is 0. The number of benzene rings is 3. The van der Waals surface area contributed by atoms with Gasteiger partial charge in [0.05, 0.1) is 4.92 Å². The molecule has 0 unspecified atom stereocenters. The average molecular weight is 341 g/mol. The molecule has 0 radical (unpaired) electrons. The smallest absolute Gasteiger partial charge is 0.296 e. The van der Waals surface area contributed by atoms with E-state index in [1.165, 1.54) is 12.3 Å². The monoisotopic (exact) mass is 341 g/mol. The van der Waals surface area contributed by atoms with Gasteiger partial charge in [0, 0.05) is 23.5 Å². The van der Waals surface area contributed by atoms with Crippen LogP contribution in [0.4, 0.5) is 17.1 Å². The highest BCUT2D eigenvalue weighted by molar-refractivity contribution is 5.91. The Labute approximate surface area is 150 Å². The van der Waals surface area contributed by atoms with Gasteiger partial charge >= 0.3 is 0 Å². The number of rotatable bonds is 4. The number of aromatic nitrogens is 1. The average Bonchev–Trinajstić information content (AvgIpc) is 2.68. The van der Waals surface area contributed by atoms with Crippen LogP contribution in [0.3, 0.4) is 0 Å². The summed E-state index contributed by atoms with van der Waals surface area (Å²) in [5.74, 6) is 0. The number of nitrogens with zero attached hydrogens (tertiary/aromatic N) is 2. The number of fused-ring (bicyclic) bond motifs is 1. The van der Waals surface area contributed by atoms with E-state index in [2.05, 4.69) is 10.3 Å². The van der Waals surface area contributed by atoms with Crippen LogP contribution in [0.1, 0.15) is 0 Å². The highest BCUT2D eigenvalue weighted by Gasteiger charge is 2.20. The molecule has 0 fully saturated rings. The molecule has 126 valence electrons. The summed E-state index contributed by atoms with van der Waals surface area (Å²) in [5.41, 5.74) is 2.52. The van der Waals surface area contributed by atoms with Gasteiger partial charge in [-0.15, -0.1) is 0 Å². The zero-order valence-electron chi connectivity index (χ0n) is 13.8. The maximum absolute atomic E-state index is 11.5. The molecule has 1 heterocycles. The Kier molecular flexibility index (Phi) is 4.03. The van der Waals surface area contributed by atoms with Gasteiger partial charge in [0.2, 0.25) is 0 Å². The Bertz CT molecular complexity index is 1090. The van der Waals surface area contributed by atoms with E-state index < -0.39 is 4.92 Å². The minimum absolute atomic E-state index is 0.00740. The van der Waals surface area contributed by atoms with Crippen molar-refractivity contribution in [1.82, 2.24) is 4.98 Å². The third-order valence-electron chi connectivity index (χ3n) is 4.19. The van der Waals surface area contributed by atoms with Crippen molar-refractivity contribution in [3.8, 4) is 11.3 Å². The number of nitro groups is 1. The number of pyridine rings is 1. The van der Waals surface area contributed by atoms with Crippen LogP contribution in [0, 0.1) is 10.1 Å². The lowest BCUT2D eigenvalue weighted by atomic mass is 10.0.